The Bertz CT molecular complexity index is 316. The Morgan fingerprint density at radius 1 is 1.29 bits per heavy atom. The van der Waals surface area contributed by atoms with Crippen molar-refractivity contribution in [1.82, 2.24) is 5.32 Å². The standard InChI is InChI=1S/C10H22N2O3S.ClH/c1-8(2)6-16(14,15)7-10(13)12-5-4-9(3)11;/h8-9H,4-7,11H2,1-3H3,(H,12,13);1H. The van der Waals surface area contributed by atoms with Gasteiger partial charge in [-0.1, -0.05) is 13.8 Å². The highest BCUT2D eigenvalue weighted by molar-refractivity contribution is 7.92. The van der Waals surface area contributed by atoms with Crippen molar-refractivity contribution < 1.29 is 13.2 Å². The lowest BCUT2D eigenvalue weighted by molar-refractivity contribution is -0.118. The van der Waals surface area contributed by atoms with Crippen LogP contribution in [0, 0.1) is 5.92 Å². The zero-order valence-electron chi connectivity index (χ0n) is 10.6. The lowest BCUT2D eigenvalue weighted by Gasteiger charge is -2.09. The van der Waals surface area contributed by atoms with E-state index in [-0.39, 0.29) is 30.1 Å². The van der Waals surface area contributed by atoms with E-state index < -0.39 is 21.5 Å². The van der Waals surface area contributed by atoms with Crippen molar-refractivity contribution in [2.24, 2.45) is 11.7 Å². The van der Waals surface area contributed by atoms with Gasteiger partial charge in [0.2, 0.25) is 5.91 Å². The van der Waals surface area contributed by atoms with E-state index in [4.69, 9.17) is 5.73 Å². The minimum atomic E-state index is -3.27. The van der Waals surface area contributed by atoms with Gasteiger partial charge >= 0.3 is 0 Å². The van der Waals surface area contributed by atoms with E-state index in [1.54, 1.807) is 0 Å². The zero-order chi connectivity index (χ0) is 12.8. The molecule has 0 aromatic carbocycles. The summed E-state index contributed by atoms with van der Waals surface area (Å²) in [5.41, 5.74) is 5.50. The highest BCUT2D eigenvalue weighted by Gasteiger charge is 2.17. The molecule has 0 bridgehead atoms. The van der Waals surface area contributed by atoms with Crippen LogP contribution < -0.4 is 11.1 Å². The maximum Gasteiger partial charge on any atom is 0.235 e. The quantitative estimate of drug-likeness (QED) is 0.706. The Kier molecular flexibility index (Phi) is 9.75. The molecule has 17 heavy (non-hydrogen) atoms. The summed E-state index contributed by atoms with van der Waals surface area (Å²) in [6, 6.07) is 0.00701. The van der Waals surface area contributed by atoms with Crippen LogP contribution in [-0.2, 0) is 14.6 Å². The molecule has 0 aliphatic carbocycles. The molecular formula is C10H23ClN2O3S. The fourth-order valence-electron chi connectivity index (χ4n) is 1.26. The maximum absolute atomic E-state index is 11.5. The predicted molar refractivity (Wildman–Crippen MR) is 72.0 cm³/mol. The fraction of sp³-hybridized carbons (Fsp3) is 0.900. The third kappa shape index (κ3) is 11.9. The van der Waals surface area contributed by atoms with Gasteiger partial charge in [0.05, 0.1) is 5.75 Å². The second kappa shape index (κ2) is 8.72. The van der Waals surface area contributed by atoms with Crippen molar-refractivity contribution in [3.05, 3.63) is 0 Å². The number of hydrogen-bond acceptors (Lipinski definition) is 4. The number of carbonyl (C=O) groups excluding carboxylic acids is 1. The summed E-state index contributed by atoms with van der Waals surface area (Å²) >= 11 is 0. The highest BCUT2D eigenvalue weighted by Crippen LogP contribution is 2.00. The topological polar surface area (TPSA) is 89.3 Å². The molecule has 0 spiro atoms. The number of rotatable bonds is 7. The molecule has 0 aliphatic heterocycles. The van der Waals surface area contributed by atoms with E-state index in [1.807, 2.05) is 20.8 Å². The molecule has 1 unspecified atom stereocenters. The second-order valence-corrected chi connectivity index (χ2v) is 6.67. The van der Waals surface area contributed by atoms with Crippen LogP contribution in [0.15, 0.2) is 0 Å². The number of nitrogens with two attached hydrogens (primary N) is 1. The Morgan fingerprint density at radius 2 is 1.82 bits per heavy atom. The van der Waals surface area contributed by atoms with Crippen LogP contribution in [0.3, 0.4) is 0 Å². The summed E-state index contributed by atoms with van der Waals surface area (Å²) in [6.07, 6.45) is 0.649. The van der Waals surface area contributed by atoms with Gasteiger partial charge in [-0.25, -0.2) is 8.42 Å². The zero-order valence-corrected chi connectivity index (χ0v) is 12.2. The van der Waals surface area contributed by atoms with Crippen molar-refractivity contribution in [2.75, 3.05) is 18.1 Å². The molecule has 3 N–H and O–H groups in total. The highest BCUT2D eigenvalue weighted by atomic mass is 35.5. The summed E-state index contributed by atoms with van der Waals surface area (Å²) in [4.78, 5) is 11.3. The molecule has 1 amide bonds. The van der Waals surface area contributed by atoms with Crippen molar-refractivity contribution in [2.45, 2.75) is 33.2 Å². The molecule has 5 nitrogen and oxygen atoms in total. The Hall–Kier alpha value is -0.330. The van der Waals surface area contributed by atoms with Crippen molar-refractivity contribution in [3.8, 4) is 0 Å². The lowest BCUT2D eigenvalue weighted by Crippen LogP contribution is -2.34. The number of hydrogen-bond donors (Lipinski definition) is 2. The Morgan fingerprint density at radius 3 is 2.24 bits per heavy atom. The van der Waals surface area contributed by atoms with Crippen LogP contribution in [0.25, 0.3) is 0 Å². The van der Waals surface area contributed by atoms with E-state index >= 15 is 0 Å². The molecule has 0 rings (SSSR count). The number of amides is 1. The molecule has 104 valence electrons. The summed E-state index contributed by atoms with van der Waals surface area (Å²) in [7, 11) is -3.27. The van der Waals surface area contributed by atoms with E-state index in [0.29, 0.717) is 13.0 Å². The lowest BCUT2D eigenvalue weighted by atomic mass is 10.2. The smallest absolute Gasteiger partial charge is 0.235 e. The Balaban J connectivity index is 0. The van der Waals surface area contributed by atoms with Crippen molar-refractivity contribution >= 4 is 28.2 Å². The minimum Gasteiger partial charge on any atom is -0.355 e. The van der Waals surface area contributed by atoms with Gasteiger partial charge in [-0.15, -0.1) is 12.4 Å². The van der Waals surface area contributed by atoms with Gasteiger partial charge in [-0.3, -0.25) is 4.79 Å². The molecule has 7 heteroatoms. The molecule has 0 radical (unpaired) electrons. The molecular weight excluding hydrogens is 264 g/mol. The number of halogens is 1. The number of carbonyl (C=O) groups is 1. The Labute approximate surface area is 110 Å². The summed E-state index contributed by atoms with van der Waals surface area (Å²) in [6.45, 7) is 5.88. The van der Waals surface area contributed by atoms with Gasteiger partial charge in [-0.05, 0) is 19.3 Å². The molecule has 0 aromatic heterocycles. The van der Waals surface area contributed by atoms with Gasteiger partial charge in [-0.2, -0.15) is 0 Å². The maximum atomic E-state index is 11.5. The number of nitrogens with one attached hydrogen (secondary N) is 1. The van der Waals surface area contributed by atoms with Gasteiger partial charge in [0, 0.05) is 12.6 Å². The van der Waals surface area contributed by atoms with Gasteiger partial charge in [0.25, 0.3) is 0 Å². The molecule has 1 atom stereocenters. The SMILES string of the molecule is CC(C)CS(=O)(=O)CC(=O)NCCC(C)N.Cl. The van der Waals surface area contributed by atoms with Crippen molar-refractivity contribution in [3.63, 3.8) is 0 Å². The third-order valence-electron chi connectivity index (χ3n) is 1.86. The normalized spacial score (nSPS) is 13.0. The van der Waals surface area contributed by atoms with E-state index in [2.05, 4.69) is 5.32 Å². The average molecular weight is 287 g/mol. The van der Waals surface area contributed by atoms with E-state index in [1.165, 1.54) is 0 Å². The number of sulfone groups is 1. The summed E-state index contributed by atoms with van der Waals surface area (Å²) in [5, 5.41) is 2.55. The van der Waals surface area contributed by atoms with Crippen LogP contribution in [0.2, 0.25) is 0 Å². The first-order valence-corrected chi connectivity index (χ1v) is 7.28. The van der Waals surface area contributed by atoms with Gasteiger partial charge in [0.15, 0.2) is 9.84 Å². The van der Waals surface area contributed by atoms with Crippen LogP contribution >= 0.6 is 12.4 Å². The van der Waals surface area contributed by atoms with E-state index in [9.17, 15) is 13.2 Å². The molecule has 0 aliphatic rings. The van der Waals surface area contributed by atoms with E-state index in [0.717, 1.165) is 0 Å². The first-order chi connectivity index (χ1) is 7.23. The van der Waals surface area contributed by atoms with Crippen LogP contribution in [-0.4, -0.2) is 38.4 Å². The average Bonchev–Trinajstić information content (AvgIpc) is 1.98. The summed E-state index contributed by atoms with van der Waals surface area (Å²) < 4.78 is 22.9. The monoisotopic (exact) mass is 286 g/mol. The molecule has 0 fully saturated rings. The van der Waals surface area contributed by atoms with Crippen molar-refractivity contribution in [1.29, 1.82) is 0 Å². The first-order valence-electron chi connectivity index (χ1n) is 5.45. The second-order valence-electron chi connectivity index (χ2n) is 4.56. The molecule has 0 saturated heterocycles. The van der Waals surface area contributed by atoms with Crippen LogP contribution in [0.1, 0.15) is 27.2 Å². The third-order valence-corrected chi connectivity index (χ3v) is 3.74. The minimum absolute atomic E-state index is 0. The van der Waals surface area contributed by atoms with Gasteiger partial charge in [0.1, 0.15) is 5.75 Å². The van der Waals surface area contributed by atoms with Crippen LogP contribution in [0.5, 0.6) is 0 Å². The summed E-state index contributed by atoms with van der Waals surface area (Å²) in [5.74, 6) is -0.777. The van der Waals surface area contributed by atoms with Crippen LogP contribution in [0.4, 0.5) is 0 Å². The molecule has 0 aromatic rings. The first kappa shape index (κ1) is 19.0. The fourth-order valence-corrected chi connectivity index (χ4v) is 2.89. The molecule has 0 saturated carbocycles. The largest absolute Gasteiger partial charge is 0.355 e. The predicted octanol–water partition coefficient (Wildman–Crippen LogP) is 0.333. The van der Waals surface area contributed by atoms with Gasteiger partial charge < -0.3 is 11.1 Å². The molecule has 0 heterocycles.